The monoisotopic (exact) mass is 251 g/mol. The quantitative estimate of drug-likeness (QED) is 0.692. The molecule has 102 valence electrons. The number of hydrogen-bond donors (Lipinski definition) is 2. The van der Waals surface area contributed by atoms with Crippen LogP contribution >= 0.6 is 0 Å². The maximum Gasteiger partial charge on any atom is 0.131 e. The van der Waals surface area contributed by atoms with E-state index in [4.69, 9.17) is 0 Å². The van der Waals surface area contributed by atoms with Gasteiger partial charge in [-0.1, -0.05) is 6.92 Å². The molecule has 0 unspecified atom stereocenters. The molecule has 5 heteroatoms. The molecular weight excluding hydrogens is 226 g/mol. The maximum atomic E-state index is 4.38. The predicted molar refractivity (Wildman–Crippen MR) is 77.2 cm³/mol. The SMILES string of the molecule is CCCNc1cc(NCCCN(C)C)nc(C)n1. The topological polar surface area (TPSA) is 53.1 Å². The minimum absolute atomic E-state index is 0.797. The van der Waals surface area contributed by atoms with Gasteiger partial charge < -0.3 is 15.5 Å². The molecule has 0 saturated heterocycles. The molecular formula is C13H25N5. The van der Waals surface area contributed by atoms with Crippen molar-refractivity contribution in [3.8, 4) is 0 Å². The summed E-state index contributed by atoms with van der Waals surface area (Å²) < 4.78 is 0. The Morgan fingerprint density at radius 2 is 1.72 bits per heavy atom. The molecule has 0 atom stereocenters. The highest BCUT2D eigenvalue weighted by molar-refractivity contribution is 5.47. The van der Waals surface area contributed by atoms with E-state index in [2.05, 4.69) is 46.5 Å². The normalized spacial score (nSPS) is 10.7. The standard InChI is InChI=1S/C13H25N5/c1-5-7-14-12-10-13(17-11(2)16-12)15-8-6-9-18(3)4/h10H,5-9H2,1-4H3,(H2,14,15,16,17). The molecule has 0 fully saturated rings. The van der Waals surface area contributed by atoms with Gasteiger partial charge in [-0.2, -0.15) is 0 Å². The summed E-state index contributed by atoms with van der Waals surface area (Å²) in [6, 6.07) is 1.97. The lowest BCUT2D eigenvalue weighted by Crippen LogP contribution is -2.17. The van der Waals surface area contributed by atoms with Gasteiger partial charge >= 0.3 is 0 Å². The van der Waals surface area contributed by atoms with E-state index in [9.17, 15) is 0 Å². The van der Waals surface area contributed by atoms with E-state index in [1.165, 1.54) is 0 Å². The molecule has 0 aromatic carbocycles. The molecule has 1 rings (SSSR count). The summed E-state index contributed by atoms with van der Waals surface area (Å²) in [6.07, 6.45) is 2.20. The van der Waals surface area contributed by atoms with Crippen molar-refractivity contribution in [2.45, 2.75) is 26.7 Å². The van der Waals surface area contributed by atoms with E-state index in [-0.39, 0.29) is 0 Å². The van der Waals surface area contributed by atoms with Gasteiger partial charge in [-0.05, 0) is 40.4 Å². The molecule has 0 aliphatic rings. The first-order chi connectivity index (χ1) is 8.61. The van der Waals surface area contributed by atoms with Crippen molar-refractivity contribution < 1.29 is 0 Å². The number of nitrogens with zero attached hydrogens (tertiary/aromatic N) is 3. The lowest BCUT2D eigenvalue weighted by molar-refractivity contribution is 0.405. The fourth-order valence-corrected chi connectivity index (χ4v) is 1.61. The van der Waals surface area contributed by atoms with Crippen LogP contribution in [0.5, 0.6) is 0 Å². The summed E-state index contributed by atoms with van der Waals surface area (Å²) in [6.45, 7) is 7.01. The lowest BCUT2D eigenvalue weighted by Gasteiger charge is -2.11. The summed E-state index contributed by atoms with van der Waals surface area (Å²) in [5.41, 5.74) is 0. The molecule has 0 aliphatic heterocycles. The van der Waals surface area contributed by atoms with Gasteiger partial charge in [0.25, 0.3) is 0 Å². The van der Waals surface area contributed by atoms with Crippen LogP contribution in [0, 0.1) is 6.92 Å². The Morgan fingerprint density at radius 1 is 1.11 bits per heavy atom. The van der Waals surface area contributed by atoms with E-state index < -0.39 is 0 Å². The molecule has 0 amide bonds. The molecule has 1 aromatic rings. The van der Waals surface area contributed by atoms with Crippen LogP contribution < -0.4 is 10.6 Å². The third-order valence-electron chi connectivity index (χ3n) is 2.48. The summed E-state index contributed by atoms with van der Waals surface area (Å²) >= 11 is 0. The second kappa shape index (κ2) is 7.87. The van der Waals surface area contributed by atoms with Crippen LogP contribution in [0.1, 0.15) is 25.6 Å². The lowest BCUT2D eigenvalue weighted by atomic mass is 10.4. The van der Waals surface area contributed by atoms with Crippen molar-refractivity contribution in [1.82, 2.24) is 14.9 Å². The highest BCUT2D eigenvalue weighted by atomic mass is 15.1. The van der Waals surface area contributed by atoms with E-state index in [1.807, 2.05) is 13.0 Å². The summed E-state index contributed by atoms with van der Waals surface area (Å²) in [7, 11) is 4.17. The first kappa shape index (κ1) is 14.7. The van der Waals surface area contributed by atoms with Crippen LogP contribution in [0.4, 0.5) is 11.6 Å². The average Bonchev–Trinajstić information content (AvgIpc) is 2.31. The molecule has 0 radical (unpaired) electrons. The van der Waals surface area contributed by atoms with Crippen molar-refractivity contribution >= 4 is 11.6 Å². The van der Waals surface area contributed by atoms with Crippen molar-refractivity contribution in [2.24, 2.45) is 0 Å². The van der Waals surface area contributed by atoms with Gasteiger partial charge in [-0.3, -0.25) is 0 Å². The minimum atomic E-state index is 0.797. The fourth-order valence-electron chi connectivity index (χ4n) is 1.61. The molecule has 1 aromatic heterocycles. The van der Waals surface area contributed by atoms with Gasteiger partial charge in [0.15, 0.2) is 0 Å². The molecule has 0 aliphatic carbocycles. The number of hydrogen-bond acceptors (Lipinski definition) is 5. The van der Waals surface area contributed by atoms with Gasteiger partial charge in [0, 0.05) is 19.2 Å². The fraction of sp³-hybridized carbons (Fsp3) is 0.692. The first-order valence-electron chi connectivity index (χ1n) is 6.60. The first-order valence-corrected chi connectivity index (χ1v) is 6.60. The van der Waals surface area contributed by atoms with Crippen LogP contribution in [-0.4, -0.2) is 48.6 Å². The van der Waals surface area contributed by atoms with E-state index >= 15 is 0 Å². The Labute approximate surface area is 110 Å². The zero-order valence-corrected chi connectivity index (χ0v) is 12.0. The van der Waals surface area contributed by atoms with Gasteiger partial charge in [0.2, 0.25) is 0 Å². The Morgan fingerprint density at radius 3 is 2.28 bits per heavy atom. The Hall–Kier alpha value is -1.36. The number of rotatable bonds is 8. The number of anilines is 2. The van der Waals surface area contributed by atoms with Crippen molar-refractivity contribution in [3.05, 3.63) is 11.9 Å². The van der Waals surface area contributed by atoms with Gasteiger partial charge in [-0.15, -0.1) is 0 Å². The third kappa shape index (κ3) is 5.82. The molecule has 0 spiro atoms. The Balaban J connectivity index is 2.46. The molecule has 0 saturated carbocycles. The van der Waals surface area contributed by atoms with Gasteiger partial charge in [0.1, 0.15) is 17.5 Å². The van der Waals surface area contributed by atoms with Crippen LogP contribution in [0.3, 0.4) is 0 Å². The van der Waals surface area contributed by atoms with Crippen molar-refractivity contribution in [2.75, 3.05) is 44.4 Å². The summed E-state index contributed by atoms with van der Waals surface area (Å²) in [5.74, 6) is 2.60. The summed E-state index contributed by atoms with van der Waals surface area (Å²) in [4.78, 5) is 10.9. The van der Waals surface area contributed by atoms with Gasteiger partial charge in [-0.25, -0.2) is 9.97 Å². The Kier molecular flexibility index (Phi) is 6.43. The van der Waals surface area contributed by atoms with Crippen molar-refractivity contribution in [3.63, 3.8) is 0 Å². The van der Waals surface area contributed by atoms with Gasteiger partial charge in [0.05, 0.1) is 0 Å². The predicted octanol–water partition coefficient (Wildman–Crippen LogP) is 1.97. The Bertz CT molecular complexity index is 351. The largest absolute Gasteiger partial charge is 0.370 e. The molecule has 1 heterocycles. The van der Waals surface area contributed by atoms with Crippen LogP contribution in [-0.2, 0) is 0 Å². The highest BCUT2D eigenvalue weighted by Crippen LogP contribution is 2.10. The average molecular weight is 251 g/mol. The number of aromatic nitrogens is 2. The second-order valence-corrected chi connectivity index (χ2v) is 4.70. The molecule has 2 N–H and O–H groups in total. The van der Waals surface area contributed by atoms with Crippen LogP contribution in [0.15, 0.2) is 6.07 Å². The second-order valence-electron chi connectivity index (χ2n) is 4.70. The zero-order valence-electron chi connectivity index (χ0n) is 12.0. The van der Waals surface area contributed by atoms with E-state index in [1.54, 1.807) is 0 Å². The maximum absolute atomic E-state index is 4.38. The number of aryl methyl sites for hydroxylation is 1. The van der Waals surface area contributed by atoms with E-state index in [0.29, 0.717) is 0 Å². The molecule has 0 bridgehead atoms. The van der Waals surface area contributed by atoms with Crippen molar-refractivity contribution in [1.29, 1.82) is 0 Å². The zero-order chi connectivity index (χ0) is 13.4. The molecule has 18 heavy (non-hydrogen) atoms. The summed E-state index contributed by atoms with van der Waals surface area (Å²) in [5, 5.41) is 6.62. The molecule has 5 nitrogen and oxygen atoms in total. The number of nitrogens with one attached hydrogen (secondary N) is 2. The van der Waals surface area contributed by atoms with E-state index in [0.717, 1.165) is 49.9 Å². The smallest absolute Gasteiger partial charge is 0.131 e. The van der Waals surface area contributed by atoms with Crippen LogP contribution in [0.25, 0.3) is 0 Å². The third-order valence-corrected chi connectivity index (χ3v) is 2.48. The highest BCUT2D eigenvalue weighted by Gasteiger charge is 2.01. The van der Waals surface area contributed by atoms with Crippen LogP contribution in [0.2, 0.25) is 0 Å². The minimum Gasteiger partial charge on any atom is -0.370 e.